The smallest absolute Gasteiger partial charge is 0.326 e. The summed E-state index contributed by atoms with van der Waals surface area (Å²) >= 11 is 1.43. The monoisotopic (exact) mass is 296 g/mol. The summed E-state index contributed by atoms with van der Waals surface area (Å²) in [6.45, 7) is 0. The minimum absolute atomic E-state index is 0.0586. The Morgan fingerprint density at radius 3 is 2.85 bits per heavy atom. The van der Waals surface area contributed by atoms with Gasteiger partial charge in [-0.3, -0.25) is 14.0 Å². The zero-order valence-corrected chi connectivity index (χ0v) is 11.1. The third-order valence-corrected chi connectivity index (χ3v) is 3.29. The van der Waals surface area contributed by atoms with Crippen molar-refractivity contribution >= 4 is 34.1 Å². The van der Waals surface area contributed by atoms with Gasteiger partial charge in [0, 0.05) is 17.8 Å². The molecular formula is C11H12N4O4S. The molecule has 2 aromatic rings. The number of nitrogens with zero attached hydrogens (tertiary/aromatic N) is 2. The van der Waals surface area contributed by atoms with Gasteiger partial charge in [0.15, 0.2) is 4.96 Å². The molecule has 0 aliphatic carbocycles. The number of hydrogen-bond donors (Lipinski definition) is 3. The molecular weight excluding hydrogens is 284 g/mol. The van der Waals surface area contributed by atoms with Crippen molar-refractivity contribution < 1.29 is 19.5 Å². The predicted molar refractivity (Wildman–Crippen MR) is 70.2 cm³/mol. The summed E-state index contributed by atoms with van der Waals surface area (Å²) in [5.41, 5.74) is 5.45. The molecule has 0 radical (unpaired) electrons. The lowest BCUT2D eigenvalue weighted by Crippen LogP contribution is -2.43. The van der Waals surface area contributed by atoms with Crippen LogP contribution in [0.1, 0.15) is 12.1 Å². The number of carbonyl (C=O) groups excluding carboxylic acids is 2. The van der Waals surface area contributed by atoms with Gasteiger partial charge in [-0.2, -0.15) is 0 Å². The number of nitrogens with two attached hydrogens (primary N) is 1. The number of carbonyl (C=O) groups is 3. The first-order valence-corrected chi connectivity index (χ1v) is 6.55. The maximum atomic E-state index is 11.7. The van der Waals surface area contributed by atoms with Crippen LogP contribution in [-0.2, 0) is 20.8 Å². The second kappa shape index (κ2) is 5.70. The van der Waals surface area contributed by atoms with Crippen molar-refractivity contribution in [1.82, 2.24) is 14.7 Å². The van der Waals surface area contributed by atoms with Crippen LogP contribution in [0.4, 0.5) is 0 Å². The number of carboxylic acids is 1. The third-order valence-electron chi connectivity index (χ3n) is 2.52. The maximum Gasteiger partial charge on any atom is 0.326 e. The van der Waals surface area contributed by atoms with Gasteiger partial charge in [0.1, 0.15) is 6.04 Å². The number of aromatic nitrogens is 2. The highest BCUT2D eigenvalue weighted by Gasteiger charge is 2.22. The SMILES string of the molecule is NC(=O)C[C@@H](NC(=O)Cc1cn2ccsc2n1)C(=O)O. The number of rotatable bonds is 6. The van der Waals surface area contributed by atoms with Crippen molar-refractivity contribution in [2.45, 2.75) is 18.9 Å². The quantitative estimate of drug-likeness (QED) is 0.655. The largest absolute Gasteiger partial charge is 0.480 e. The topological polar surface area (TPSA) is 127 Å². The molecule has 2 aromatic heterocycles. The van der Waals surface area contributed by atoms with Gasteiger partial charge in [-0.05, 0) is 0 Å². The van der Waals surface area contributed by atoms with Crippen molar-refractivity contribution in [3.05, 3.63) is 23.5 Å². The summed E-state index contributed by atoms with van der Waals surface area (Å²) in [6.07, 6.45) is 2.99. The molecule has 2 rings (SSSR count). The summed E-state index contributed by atoms with van der Waals surface area (Å²) in [7, 11) is 0. The Bertz CT molecular complexity index is 634. The van der Waals surface area contributed by atoms with E-state index >= 15 is 0 Å². The zero-order valence-electron chi connectivity index (χ0n) is 10.3. The number of thiazole rings is 1. The zero-order chi connectivity index (χ0) is 14.7. The molecule has 4 N–H and O–H groups in total. The number of imidazole rings is 1. The summed E-state index contributed by atoms with van der Waals surface area (Å²) in [6, 6.07) is -1.32. The lowest BCUT2D eigenvalue weighted by atomic mass is 10.2. The molecule has 0 aliphatic heterocycles. The fraction of sp³-hybridized carbons (Fsp3) is 0.273. The van der Waals surface area contributed by atoms with E-state index in [0.29, 0.717) is 5.69 Å². The Balaban J connectivity index is 1.98. The van der Waals surface area contributed by atoms with Gasteiger partial charge in [0.05, 0.1) is 18.5 Å². The highest BCUT2D eigenvalue weighted by molar-refractivity contribution is 7.15. The summed E-state index contributed by atoms with van der Waals surface area (Å²) < 4.78 is 1.77. The Morgan fingerprint density at radius 2 is 2.25 bits per heavy atom. The number of aliphatic carboxylic acids is 1. The molecule has 2 heterocycles. The highest BCUT2D eigenvalue weighted by Crippen LogP contribution is 2.11. The van der Waals surface area contributed by atoms with Crippen molar-refractivity contribution in [2.24, 2.45) is 5.73 Å². The first-order chi connectivity index (χ1) is 9.45. The highest BCUT2D eigenvalue weighted by atomic mass is 32.1. The van der Waals surface area contributed by atoms with Crippen LogP contribution < -0.4 is 11.1 Å². The number of hydrogen-bond acceptors (Lipinski definition) is 5. The van der Waals surface area contributed by atoms with Crippen LogP contribution in [-0.4, -0.2) is 38.3 Å². The number of primary amides is 1. The Kier molecular flexibility index (Phi) is 3.99. The molecule has 0 spiro atoms. The van der Waals surface area contributed by atoms with Gasteiger partial charge in [-0.15, -0.1) is 11.3 Å². The standard InChI is InChI=1S/C11H12N4O4S/c12-8(16)4-7(10(18)19)14-9(17)3-6-5-15-1-2-20-11(15)13-6/h1-2,5,7H,3-4H2,(H2,12,16)(H,14,17)(H,18,19)/t7-/m1/s1. The molecule has 0 aromatic carbocycles. The van der Waals surface area contributed by atoms with Gasteiger partial charge in [-0.1, -0.05) is 0 Å². The Labute approximate surface area is 117 Å². The number of carboxylic acid groups (broad SMARTS) is 1. The van der Waals surface area contributed by atoms with E-state index in [1.165, 1.54) is 11.3 Å². The average Bonchev–Trinajstić information content (AvgIpc) is 2.87. The maximum absolute atomic E-state index is 11.7. The van der Waals surface area contributed by atoms with E-state index in [1.54, 1.807) is 10.6 Å². The number of amides is 2. The Hall–Kier alpha value is -2.42. The van der Waals surface area contributed by atoms with Crippen molar-refractivity contribution in [1.29, 1.82) is 0 Å². The molecule has 0 saturated heterocycles. The molecule has 0 saturated carbocycles. The van der Waals surface area contributed by atoms with Crippen LogP contribution in [0.2, 0.25) is 0 Å². The summed E-state index contributed by atoms with van der Waals surface area (Å²) in [4.78, 5) is 38.3. The molecule has 1 atom stereocenters. The summed E-state index contributed by atoms with van der Waals surface area (Å²) in [5, 5.41) is 13.0. The molecule has 20 heavy (non-hydrogen) atoms. The van der Waals surface area contributed by atoms with E-state index in [-0.39, 0.29) is 6.42 Å². The lowest BCUT2D eigenvalue weighted by molar-refractivity contribution is -0.143. The normalized spacial score (nSPS) is 12.2. The van der Waals surface area contributed by atoms with Crippen molar-refractivity contribution in [2.75, 3.05) is 0 Å². The van der Waals surface area contributed by atoms with E-state index in [0.717, 1.165) is 4.96 Å². The fourth-order valence-electron chi connectivity index (χ4n) is 1.67. The second-order valence-corrected chi connectivity index (χ2v) is 5.00. The molecule has 106 valence electrons. The van der Waals surface area contributed by atoms with Gasteiger partial charge in [-0.25, -0.2) is 9.78 Å². The minimum atomic E-state index is -1.32. The van der Waals surface area contributed by atoms with Crippen LogP contribution in [0, 0.1) is 0 Å². The van der Waals surface area contributed by atoms with Gasteiger partial charge in [0.2, 0.25) is 11.8 Å². The van der Waals surface area contributed by atoms with Gasteiger partial charge >= 0.3 is 5.97 Å². The third kappa shape index (κ3) is 3.32. The van der Waals surface area contributed by atoms with Crippen LogP contribution >= 0.6 is 11.3 Å². The second-order valence-electron chi connectivity index (χ2n) is 4.13. The van der Waals surface area contributed by atoms with Crippen molar-refractivity contribution in [3.8, 4) is 0 Å². The van der Waals surface area contributed by atoms with E-state index in [9.17, 15) is 14.4 Å². The first kappa shape index (κ1) is 14.0. The van der Waals surface area contributed by atoms with Crippen LogP contribution in [0.25, 0.3) is 4.96 Å². The molecule has 0 bridgehead atoms. The van der Waals surface area contributed by atoms with Gasteiger partial charge in [0.25, 0.3) is 0 Å². The van der Waals surface area contributed by atoms with Gasteiger partial charge < -0.3 is 16.2 Å². The molecule has 0 unspecified atom stereocenters. The van der Waals surface area contributed by atoms with Crippen LogP contribution in [0.15, 0.2) is 17.8 Å². The Morgan fingerprint density at radius 1 is 1.50 bits per heavy atom. The lowest BCUT2D eigenvalue weighted by Gasteiger charge is -2.11. The average molecular weight is 296 g/mol. The molecule has 2 amide bonds. The molecule has 0 aliphatic rings. The minimum Gasteiger partial charge on any atom is -0.480 e. The van der Waals surface area contributed by atoms with Crippen LogP contribution in [0.5, 0.6) is 0 Å². The fourth-order valence-corrected chi connectivity index (χ4v) is 2.39. The van der Waals surface area contributed by atoms with E-state index < -0.39 is 30.2 Å². The summed E-state index contributed by atoms with van der Waals surface area (Å²) in [5.74, 6) is -2.62. The van der Waals surface area contributed by atoms with E-state index in [4.69, 9.17) is 10.8 Å². The van der Waals surface area contributed by atoms with E-state index in [1.807, 2.05) is 11.6 Å². The van der Waals surface area contributed by atoms with E-state index in [2.05, 4.69) is 10.3 Å². The molecule has 8 nitrogen and oxygen atoms in total. The molecule has 0 fully saturated rings. The first-order valence-electron chi connectivity index (χ1n) is 5.67. The van der Waals surface area contributed by atoms with Crippen LogP contribution in [0.3, 0.4) is 0 Å². The number of fused-ring (bicyclic) bond motifs is 1. The predicted octanol–water partition coefficient (Wildman–Crippen LogP) is -0.617. The van der Waals surface area contributed by atoms with Crippen molar-refractivity contribution in [3.63, 3.8) is 0 Å². The molecule has 9 heteroatoms. The number of nitrogens with one attached hydrogen (secondary N) is 1.